The van der Waals surface area contributed by atoms with Crippen molar-refractivity contribution in [1.29, 1.82) is 0 Å². The maximum absolute atomic E-state index is 13.0. The smallest absolute Gasteiger partial charge is 0.238 e. The molecule has 0 saturated heterocycles. The molecule has 20 heavy (non-hydrogen) atoms. The molecule has 0 fully saturated rings. The highest BCUT2D eigenvalue weighted by molar-refractivity contribution is 9.10. The number of anilines is 1. The second-order valence-electron chi connectivity index (χ2n) is 4.35. The lowest BCUT2D eigenvalue weighted by Crippen LogP contribution is -2.46. The predicted molar refractivity (Wildman–Crippen MR) is 79.2 cm³/mol. The van der Waals surface area contributed by atoms with Crippen LogP contribution in [0.2, 0.25) is 0 Å². The fourth-order valence-corrected chi connectivity index (χ4v) is 2.43. The molecule has 0 heterocycles. The van der Waals surface area contributed by atoms with E-state index < -0.39 is 17.1 Å². The third-order valence-electron chi connectivity index (χ3n) is 3.42. The van der Waals surface area contributed by atoms with Crippen LogP contribution in [0.4, 0.5) is 10.1 Å². The Kier molecular flexibility index (Phi) is 5.50. The highest BCUT2D eigenvalue weighted by Crippen LogP contribution is 2.31. The summed E-state index contributed by atoms with van der Waals surface area (Å²) in [6.07, 6.45) is 0.758. The Balaban J connectivity index is 3.09. The van der Waals surface area contributed by atoms with Crippen molar-refractivity contribution in [2.45, 2.75) is 26.7 Å². The summed E-state index contributed by atoms with van der Waals surface area (Å²) in [5.74, 6) is -0.952. The van der Waals surface area contributed by atoms with Gasteiger partial charge in [-0.25, -0.2) is 4.39 Å². The molecule has 1 aromatic rings. The lowest BCUT2D eigenvalue weighted by atomic mass is 9.80. The largest absolute Gasteiger partial charge is 0.409 e. The van der Waals surface area contributed by atoms with Gasteiger partial charge in [-0.2, -0.15) is 0 Å². The quantitative estimate of drug-likeness (QED) is 0.331. The molecule has 4 N–H and O–H groups in total. The highest BCUT2D eigenvalue weighted by Gasteiger charge is 2.40. The molecule has 0 radical (unpaired) electrons. The predicted octanol–water partition coefficient (Wildman–Crippen LogP) is 3.08. The molecule has 0 spiro atoms. The Hall–Kier alpha value is -1.63. The Morgan fingerprint density at radius 3 is 2.55 bits per heavy atom. The summed E-state index contributed by atoms with van der Waals surface area (Å²) in [7, 11) is 0. The van der Waals surface area contributed by atoms with Crippen molar-refractivity contribution in [3.05, 3.63) is 28.5 Å². The number of hydrogen-bond donors (Lipinski definition) is 3. The van der Waals surface area contributed by atoms with E-state index in [2.05, 4.69) is 26.4 Å². The van der Waals surface area contributed by atoms with E-state index in [9.17, 15) is 9.18 Å². The molecule has 0 aromatic heterocycles. The number of rotatable bonds is 5. The minimum Gasteiger partial charge on any atom is -0.409 e. The highest BCUT2D eigenvalue weighted by atomic mass is 79.9. The fourth-order valence-electron chi connectivity index (χ4n) is 1.98. The van der Waals surface area contributed by atoms with Gasteiger partial charge in [0.05, 0.1) is 5.69 Å². The zero-order chi connectivity index (χ0) is 15.3. The SMILES string of the molecule is CCC(CC)(C(=O)Nc1ccc(F)cc1Br)C(N)=NO. The number of nitrogens with two attached hydrogens (primary N) is 1. The Labute approximate surface area is 125 Å². The first-order valence-corrected chi connectivity index (χ1v) is 6.95. The van der Waals surface area contributed by atoms with Crippen LogP contribution in [0.15, 0.2) is 27.8 Å². The monoisotopic (exact) mass is 345 g/mol. The van der Waals surface area contributed by atoms with E-state index in [4.69, 9.17) is 10.9 Å². The number of amides is 1. The number of benzene rings is 1. The third-order valence-corrected chi connectivity index (χ3v) is 4.08. The summed E-state index contributed by atoms with van der Waals surface area (Å²) < 4.78 is 13.4. The summed E-state index contributed by atoms with van der Waals surface area (Å²) in [5.41, 5.74) is 4.99. The van der Waals surface area contributed by atoms with Crippen LogP contribution in [0.3, 0.4) is 0 Å². The average Bonchev–Trinajstić information content (AvgIpc) is 2.43. The summed E-state index contributed by atoms with van der Waals surface area (Å²) in [4.78, 5) is 12.4. The molecule has 0 saturated carbocycles. The van der Waals surface area contributed by atoms with Gasteiger partial charge in [-0.1, -0.05) is 19.0 Å². The number of oxime groups is 1. The maximum Gasteiger partial charge on any atom is 0.238 e. The fraction of sp³-hybridized carbons (Fsp3) is 0.385. The zero-order valence-corrected chi connectivity index (χ0v) is 12.9. The lowest BCUT2D eigenvalue weighted by Gasteiger charge is -2.28. The van der Waals surface area contributed by atoms with Gasteiger partial charge in [-0.3, -0.25) is 4.79 Å². The molecule has 0 aliphatic carbocycles. The summed E-state index contributed by atoms with van der Waals surface area (Å²) in [5, 5.41) is 14.5. The first kappa shape index (κ1) is 16.4. The van der Waals surface area contributed by atoms with Gasteiger partial charge in [0, 0.05) is 4.47 Å². The zero-order valence-electron chi connectivity index (χ0n) is 11.3. The van der Waals surface area contributed by atoms with Crippen molar-refractivity contribution in [2.24, 2.45) is 16.3 Å². The molecule has 0 aliphatic rings. The maximum atomic E-state index is 13.0. The van der Waals surface area contributed by atoms with Gasteiger partial charge in [-0.05, 0) is 47.0 Å². The molecule has 1 aromatic carbocycles. The topological polar surface area (TPSA) is 87.7 Å². The number of halogens is 2. The van der Waals surface area contributed by atoms with E-state index in [0.717, 1.165) is 0 Å². The van der Waals surface area contributed by atoms with Crippen LogP contribution < -0.4 is 11.1 Å². The normalized spacial score (nSPS) is 12.3. The lowest BCUT2D eigenvalue weighted by molar-refractivity contribution is -0.122. The van der Waals surface area contributed by atoms with Crippen LogP contribution >= 0.6 is 15.9 Å². The van der Waals surface area contributed by atoms with Gasteiger partial charge < -0.3 is 16.3 Å². The van der Waals surface area contributed by atoms with E-state index in [1.54, 1.807) is 13.8 Å². The molecule has 110 valence electrons. The molecular weight excluding hydrogens is 329 g/mol. The summed E-state index contributed by atoms with van der Waals surface area (Å²) in [6, 6.07) is 3.93. The molecule has 0 atom stereocenters. The van der Waals surface area contributed by atoms with Crippen LogP contribution in [0.1, 0.15) is 26.7 Å². The molecule has 0 aliphatic heterocycles. The number of amidine groups is 1. The molecule has 7 heteroatoms. The minimum atomic E-state index is -1.09. The van der Waals surface area contributed by atoms with E-state index in [0.29, 0.717) is 23.0 Å². The van der Waals surface area contributed by atoms with E-state index in [-0.39, 0.29) is 5.84 Å². The number of nitrogens with one attached hydrogen (secondary N) is 1. The minimum absolute atomic E-state index is 0.141. The van der Waals surface area contributed by atoms with Crippen LogP contribution in [-0.2, 0) is 4.79 Å². The van der Waals surface area contributed by atoms with Crippen LogP contribution in [0, 0.1) is 11.2 Å². The number of nitrogens with zero attached hydrogens (tertiary/aromatic N) is 1. The first-order valence-electron chi connectivity index (χ1n) is 6.15. The van der Waals surface area contributed by atoms with Crippen molar-refractivity contribution >= 4 is 33.4 Å². The van der Waals surface area contributed by atoms with Crippen molar-refractivity contribution in [3.63, 3.8) is 0 Å². The van der Waals surface area contributed by atoms with E-state index in [1.165, 1.54) is 18.2 Å². The van der Waals surface area contributed by atoms with Gasteiger partial charge in [0.2, 0.25) is 5.91 Å². The van der Waals surface area contributed by atoms with Gasteiger partial charge in [0.25, 0.3) is 0 Å². The van der Waals surface area contributed by atoms with Crippen LogP contribution in [0.25, 0.3) is 0 Å². The Bertz CT molecular complexity index is 530. The van der Waals surface area contributed by atoms with Crippen molar-refractivity contribution < 1.29 is 14.4 Å². The van der Waals surface area contributed by atoms with Crippen molar-refractivity contribution in [2.75, 3.05) is 5.32 Å². The number of hydrogen-bond acceptors (Lipinski definition) is 3. The molecular formula is C13H17BrFN3O2. The Morgan fingerprint density at radius 1 is 1.50 bits per heavy atom. The number of carbonyl (C=O) groups excluding carboxylic acids is 1. The summed E-state index contributed by atoms with van der Waals surface area (Å²) in [6.45, 7) is 3.56. The second-order valence-corrected chi connectivity index (χ2v) is 5.21. The molecule has 0 unspecified atom stereocenters. The molecule has 1 rings (SSSR count). The van der Waals surface area contributed by atoms with Crippen LogP contribution in [0.5, 0.6) is 0 Å². The molecule has 0 bridgehead atoms. The van der Waals surface area contributed by atoms with Gasteiger partial charge in [0.15, 0.2) is 5.84 Å². The second kappa shape index (κ2) is 6.69. The number of carbonyl (C=O) groups is 1. The molecule has 1 amide bonds. The standard InChI is InChI=1S/C13H17BrFN3O2/c1-3-13(4-2,11(16)18-20)12(19)17-10-6-5-8(15)7-9(10)14/h5-7,20H,3-4H2,1-2H3,(H2,16,18)(H,17,19). The van der Waals surface area contributed by atoms with E-state index >= 15 is 0 Å². The van der Waals surface area contributed by atoms with E-state index in [1.807, 2.05) is 0 Å². The van der Waals surface area contributed by atoms with Gasteiger partial charge in [-0.15, -0.1) is 0 Å². The van der Waals surface area contributed by atoms with Crippen molar-refractivity contribution in [1.82, 2.24) is 0 Å². The first-order chi connectivity index (χ1) is 9.41. The third kappa shape index (κ3) is 3.09. The van der Waals surface area contributed by atoms with Gasteiger partial charge in [0.1, 0.15) is 11.2 Å². The average molecular weight is 346 g/mol. The summed E-state index contributed by atoms with van der Waals surface area (Å²) >= 11 is 3.17. The van der Waals surface area contributed by atoms with Crippen LogP contribution in [-0.4, -0.2) is 17.0 Å². The van der Waals surface area contributed by atoms with Gasteiger partial charge >= 0.3 is 0 Å². The van der Waals surface area contributed by atoms with Crippen molar-refractivity contribution in [3.8, 4) is 0 Å². The molecule has 5 nitrogen and oxygen atoms in total. The Morgan fingerprint density at radius 2 is 2.10 bits per heavy atom.